The molecule has 19 heteroatoms. The summed E-state index contributed by atoms with van der Waals surface area (Å²) >= 11 is 3.63. The summed E-state index contributed by atoms with van der Waals surface area (Å²) in [7, 11) is 2.80. The van der Waals surface area contributed by atoms with Gasteiger partial charge in [0, 0.05) is 23.3 Å². The summed E-state index contributed by atoms with van der Waals surface area (Å²) in [4.78, 5) is 16.5. The number of alkyl halides is 2. The number of carbonyl (C=O) groups is 1. The predicted octanol–water partition coefficient (Wildman–Crippen LogP) is 7.99. The van der Waals surface area contributed by atoms with Gasteiger partial charge in [-0.3, -0.25) is 14.3 Å². The first kappa shape index (κ1) is 47.7. The van der Waals surface area contributed by atoms with E-state index in [9.17, 15) is 39.3 Å². The van der Waals surface area contributed by atoms with Gasteiger partial charge in [-0.05, 0) is 108 Å². The largest absolute Gasteiger partial charge is 0.496 e. The molecule has 2 aliphatic rings. The number of fused-ring (bicyclic) bond motifs is 2. The lowest BCUT2D eigenvalue weighted by molar-refractivity contribution is -0.0859. The van der Waals surface area contributed by atoms with Crippen molar-refractivity contribution < 1.29 is 57.7 Å². The molecule has 2 aliphatic carbocycles. The third-order valence-electron chi connectivity index (χ3n) is 12.6. The average molecular weight is 990 g/mol. The summed E-state index contributed by atoms with van der Waals surface area (Å²) in [5.74, 6) is -0.465. The van der Waals surface area contributed by atoms with Gasteiger partial charge in [-0.25, -0.2) is 13.6 Å². The number of aliphatic hydroxyl groups is 3. The second-order valence-electron chi connectivity index (χ2n) is 17.0. The molecule has 2 saturated carbocycles. The fourth-order valence-electron chi connectivity index (χ4n) is 9.12. The van der Waals surface area contributed by atoms with E-state index in [1.165, 1.54) is 49.2 Å². The number of carboxylic acid groups (broad SMARTS) is 1. The van der Waals surface area contributed by atoms with Crippen LogP contribution in [0.15, 0.2) is 71.6 Å². The quantitative estimate of drug-likeness (QED) is 0.0571. The number of benzene rings is 3. The van der Waals surface area contributed by atoms with Gasteiger partial charge in [0.1, 0.15) is 62.7 Å². The van der Waals surface area contributed by atoms with Gasteiger partial charge in [-0.15, -0.1) is 0 Å². The van der Waals surface area contributed by atoms with Crippen molar-refractivity contribution in [3.63, 3.8) is 0 Å². The van der Waals surface area contributed by atoms with Crippen LogP contribution in [0.1, 0.15) is 102 Å². The molecule has 0 saturated heterocycles. The minimum atomic E-state index is -2.81. The highest BCUT2D eigenvalue weighted by atomic mass is 79.9. The molecule has 6 unspecified atom stereocenters. The van der Waals surface area contributed by atoms with E-state index in [0.29, 0.717) is 62.8 Å². The van der Waals surface area contributed by atoms with E-state index < -0.39 is 36.8 Å². The average Bonchev–Trinajstić information content (AvgIpc) is 4.17. The minimum absolute atomic E-state index is 0.000627. The fourth-order valence-corrected chi connectivity index (χ4v) is 9.62. The van der Waals surface area contributed by atoms with Crippen LogP contribution in [0.4, 0.5) is 8.78 Å². The Morgan fingerprint density at radius 3 is 2.22 bits per heavy atom. The normalized spacial score (nSPS) is 18.3. The number of pyridine rings is 1. The maximum atomic E-state index is 13.8. The summed E-state index contributed by atoms with van der Waals surface area (Å²) in [5.41, 5.74) is 2.43. The molecular formula is C48H51BrF2N6O10. The molecule has 4 N–H and O–H groups in total. The number of hydrogen-bond acceptors (Lipinski definition) is 13. The molecule has 67 heavy (non-hydrogen) atoms. The van der Waals surface area contributed by atoms with E-state index >= 15 is 0 Å². The van der Waals surface area contributed by atoms with Crippen molar-refractivity contribution in [2.75, 3.05) is 20.8 Å². The van der Waals surface area contributed by atoms with E-state index in [1.54, 1.807) is 41.5 Å². The van der Waals surface area contributed by atoms with E-state index in [2.05, 4.69) is 31.1 Å². The van der Waals surface area contributed by atoms with Gasteiger partial charge in [0.25, 0.3) is 6.43 Å². The molecule has 0 aliphatic heterocycles. The van der Waals surface area contributed by atoms with Crippen LogP contribution in [-0.4, -0.2) is 96.2 Å². The number of ether oxygens (including phenoxy) is 5. The molecule has 3 aromatic heterocycles. The molecular weight excluding hydrogens is 938 g/mol. The van der Waals surface area contributed by atoms with Gasteiger partial charge >= 0.3 is 5.97 Å². The number of rotatable bonds is 20. The van der Waals surface area contributed by atoms with Crippen molar-refractivity contribution in [2.24, 2.45) is 5.92 Å². The van der Waals surface area contributed by atoms with Gasteiger partial charge in [-0.1, -0.05) is 18.9 Å². The maximum absolute atomic E-state index is 13.8. The number of methoxy groups -OCH3 is 2. The van der Waals surface area contributed by atoms with Crippen LogP contribution in [0.5, 0.6) is 17.2 Å². The Labute approximate surface area is 392 Å². The summed E-state index contributed by atoms with van der Waals surface area (Å²) in [6, 6.07) is 13.9. The molecule has 2 fully saturated rings. The summed E-state index contributed by atoms with van der Waals surface area (Å²) < 4.78 is 61.9. The highest BCUT2D eigenvalue weighted by molar-refractivity contribution is 9.10. The van der Waals surface area contributed by atoms with E-state index in [-0.39, 0.29) is 77.9 Å². The Kier molecular flexibility index (Phi) is 15.0. The number of hydrogen-bond donors (Lipinski definition) is 4. The first-order valence-corrected chi connectivity index (χ1v) is 22.8. The van der Waals surface area contributed by atoms with E-state index in [1.807, 2.05) is 6.07 Å². The molecule has 0 amide bonds. The number of aromatic carboxylic acids is 1. The van der Waals surface area contributed by atoms with Crippen LogP contribution in [0.3, 0.4) is 0 Å². The highest BCUT2D eigenvalue weighted by Crippen LogP contribution is 2.41. The number of halogens is 3. The Bertz CT molecular complexity index is 2760. The van der Waals surface area contributed by atoms with Crippen molar-refractivity contribution >= 4 is 43.8 Å². The fraction of sp³-hybridized carbons (Fsp3) is 0.438. The van der Waals surface area contributed by atoms with Crippen molar-refractivity contribution in [1.29, 1.82) is 5.26 Å². The molecule has 3 heterocycles. The van der Waals surface area contributed by atoms with Crippen LogP contribution < -0.4 is 14.2 Å². The van der Waals surface area contributed by atoms with Crippen molar-refractivity contribution in [3.8, 4) is 23.3 Å². The predicted molar refractivity (Wildman–Crippen MR) is 242 cm³/mol. The smallest absolute Gasteiger partial charge is 0.338 e. The zero-order valence-corrected chi connectivity index (χ0v) is 38.4. The number of nitrogens with zero attached hydrogens (tertiary/aromatic N) is 6. The first-order valence-electron chi connectivity index (χ1n) is 22.1. The second kappa shape index (κ2) is 21.0. The molecule has 6 aromatic rings. The summed E-state index contributed by atoms with van der Waals surface area (Å²) in [5, 5.41) is 62.7. The van der Waals surface area contributed by atoms with E-state index in [4.69, 9.17) is 23.7 Å². The highest BCUT2D eigenvalue weighted by Gasteiger charge is 2.34. The molecule has 0 spiro atoms. The van der Waals surface area contributed by atoms with Crippen LogP contribution in [0, 0.1) is 17.2 Å². The van der Waals surface area contributed by atoms with Gasteiger partial charge in [-0.2, -0.15) is 15.5 Å². The molecule has 8 rings (SSSR count). The topological polar surface area (TPSA) is 216 Å². The zero-order chi connectivity index (χ0) is 47.4. The van der Waals surface area contributed by atoms with Gasteiger partial charge in [0.2, 0.25) is 0 Å². The molecule has 3 aromatic carbocycles. The number of nitriles is 1. The van der Waals surface area contributed by atoms with Crippen LogP contribution >= 0.6 is 15.9 Å². The van der Waals surface area contributed by atoms with Gasteiger partial charge < -0.3 is 44.1 Å². The van der Waals surface area contributed by atoms with Gasteiger partial charge in [0.15, 0.2) is 0 Å². The van der Waals surface area contributed by atoms with Crippen molar-refractivity contribution in [1.82, 2.24) is 24.5 Å². The number of aromatic nitrogens is 5. The zero-order valence-electron chi connectivity index (χ0n) is 36.8. The molecule has 16 nitrogen and oxygen atoms in total. The maximum Gasteiger partial charge on any atom is 0.338 e. The molecule has 0 radical (unpaired) electrons. The Balaban J connectivity index is 0.996. The Hall–Kier alpha value is -5.75. The Morgan fingerprint density at radius 2 is 1.54 bits per heavy atom. The van der Waals surface area contributed by atoms with Crippen LogP contribution in [-0.2, 0) is 29.2 Å². The molecule has 6 atom stereocenters. The number of aliphatic hydroxyl groups excluding tert-OH is 3. The lowest BCUT2D eigenvalue weighted by Gasteiger charge is -2.28. The number of carboxylic acids is 1. The lowest BCUT2D eigenvalue weighted by atomic mass is 10.0. The Morgan fingerprint density at radius 1 is 0.866 bits per heavy atom. The third-order valence-corrected chi connectivity index (χ3v) is 13.4. The van der Waals surface area contributed by atoms with Crippen molar-refractivity contribution in [3.05, 3.63) is 105 Å². The third kappa shape index (κ3) is 10.7. The monoisotopic (exact) mass is 988 g/mol. The second-order valence-corrected chi connectivity index (χ2v) is 17.8. The standard InChI is InChI=1S/C48H51BrF2N6O10/c1-63-37-16-28(8-10-34(37)47(50)51)45(59)40(22-56-20-31-13-27(19-52)15-35(48(61)62)43(31)54-56)67-33-9-7-26(14-33)25-65-39-18-30(17-38(64-2)42(39)49)46(60)41(66-32-5-3-4-6-32)23-57-21-36-44(55-57)29(24-58)11-12-53-36/h8,10-13,15-18,20-21,26,32-33,40-41,45-47,58-60H,3-7,9,14,22-25H2,1-2H3,(H,61,62). The molecule has 354 valence electrons. The SMILES string of the molecule is COc1cc(C(O)C(Cn2cc3cc(C#N)cc(C(=O)O)c3n2)OC2CCC(COc3cc(C(O)C(Cn4cc5nccc(CO)c5n4)OC4CCCC4)cc(OC)c3Br)C2)ccc1C(F)F. The van der Waals surface area contributed by atoms with Gasteiger partial charge in [0.05, 0.1) is 81.7 Å². The van der Waals surface area contributed by atoms with Crippen LogP contribution in [0.2, 0.25) is 0 Å². The van der Waals surface area contributed by atoms with Crippen molar-refractivity contribution in [2.45, 2.75) is 108 Å². The van der Waals surface area contributed by atoms with E-state index in [0.717, 1.165) is 25.7 Å². The summed E-state index contributed by atoms with van der Waals surface area (Å²) in [6.07, 6.45) is 3.27. The minimum Gasteiger partial charge on any atom is -0.496 e. The summed E-state index contributed by atoms with van der Waals surface area (Å²) in [6.45, 7) is 0.237. The molecule has 0 bridgehead atoms. The lowest BCUT2D eigenvalue weighted by Crippen LogP contribution is -2.31. The first-order chi connectivity index (χ1) is 32.3. The van der Waals surface area contributed by atoms with Crippen LogP contribution in [0.25, 0.3) is 21.9 Å².